The molecule has 100 valence electrons. The predicted molar refractivity (Wildman–Crippen MR) is 75.4 cm³/mol. The zero-order valence-electron chi connectivity index (χ0n) is 10.5. The summed E-state index contributed by atoms with van der Waals surface area (Å²) in [5.74, 6) is 0.829. The molecule has 3 rings (SSSR count). The maximum absolute atomic E-state index is 11.0. The van der Waals surface area contributed by atoms with Gasteiger partial charge in [0.15, 0.2) is 0 Å². The molecular formula is C13H10N4O2S. The Hall–Kier alpha value is -2.41. The third-order valence-electron chi connectivity index (χ3n) is 2.66. The van der Waals surface area contributed by atoms with Crippen LogP contribution >= 0.6 is 11.8 Å². The monoisotopic (exact) mass is 286 g/mol. The standard InChI is InChI=1S/C13H10N4O2S/c1-20-13-9(3-2-6-14-13)12-16-11(17-19-12)8-4-5-10(18)15-7-8/h2-7H,1H3,(H,15,18). The highest BCUT2D eigenvalue weighted by molar-refractivity contribution is 7.98. The summed E-state index contributed by atoms with van der Waals surface area (Å²) >= 11 is 1.51. The van der Waals surface area contributed by atoms with Gasteiger partial charge in [-0.25, -0.2) is 4.98 Å². The molecule has 0 spiro atoms. The summed E-state index contributed by atoms with van der Waals surface area (Å²) in [6, 6.07) is 6.76. The number of hydrogen-bond donors (Lipinski definition) is 1. The highest BCUT2D eigenvalue weighted by Crippen LogP contribution is 2.28. The minimum Gasteiger partial charge on any atom is -0.334 e. The minimum atomic E-state index is -0.172. The molecular weight excluding hydrogens is 276 g/mol. The second-order valence-corrected chi connectivity index (χ2v) is 4.72. The quantitative estimate of drug-likeness (QED) is 0.743. The first kappa shape index (κ1) is 12.6. The molecule has 0 bridgehead atoms. The van der Waals surface area contributed by atoms with Crippen LogP contribution in [-0.2, 0) is 0 Å². The van der Waals surface area contributed by atoms with Crippen molar-refractivity contribution in [2.75, 3.05) is 6.26 Å². The fraction of sp³-hybridized carbons (Fsp3) is 0.0769. The Morgan fingerprint density at radius 3 is 2.95 bits per heavy atom. The van der Waals surface area contributed by atoms with E-state index in [1.165, 1.54) is 17.8 Å². The highest BCUT2D eigenvalue weighted by atomic mass is 32.2. The molecule has 0 aliphatic heterocycles. The van der Waals surface area contributed by atoms with Gasteiger partial charge in [-0.15, -0.1) is 11.8 Å². The van der Waals surface area contributed by atoms with E-state index in [1.54, 1.807) is 18.5 Å². The summed E-state index contributed by atoms with van der Waals surface area (Å²) in [6.07, 6.45) is 5.20. The van der Waals surface area contributed by atoms with Crippen LogP contribution in [0.25, 0.3) is 22.8 Å². The minimum absolute atomic E-state index is 0.172. The summed E-state index contributed by atoms with van der Waals surface area (Å²) in [4.78, 5) is 22.2. The van der Waals surface area contributed by atoms with Crippen molar-refractivity contribution < 1.29 is 4.52 Å². The van der Waals surface area contributed by atoms with Crippen LogP contribution in [0.4, 0.5) is 0 Å². The molecule has 20 heavy (non-hydrogen) atoms. The number of aromatic nitrogens is 4. The molecule has 0 saturated heterocycles. The molecule has 0 saturated carbocycles. The fourth-order valence-electron chi connectivity index (χ4n) is 1.72. The van der Waals surface area contributed by atoms with Crippen LogP contribution in [0.2, 0.25) is 0 Å². The molecule has 6 nitrogen and oxygen atoms in total. The summed E-state index contributed by atoms with van der Waals surface area (Å²) in [5.41, 5.74) is 1.31. The van der Waals surface area contributed by atoms with E-state index in [9.17, 15) is 4.79 Å². The van der Waals surface area contributed by atoms with Gasteiger partial charge in [0.25, 0.3) is 5.89 Å². The number of nitrogens with zero attached hydrogens (tertiary/aromatic N) is 3. The van der Waals surface area contributed by atoms with Crippen LogP contribution < -0.4 is 5.56 Å². The molecule has 0 radical (unpaired) electrons. The molecule has 7 heteroatoms. The lowest BCUT2D eigenvalue weighted by Crippen LogP contribution is -2.01. The van der Waals surface area contributed by atoms with Crippen molar-refractivity contribution in [1.29, 1.82) is 0 Å². The van der Waals surface area contributed by atoms with Gasteiger partial charge in [0.2, 0.25) is 11.4 Å². The summed E-state index contributed by atoms with van der Waals surface area (Å²) in [5, 5.41) is 4.75. The van der Waals surface area contributed by atoms with Crippen molar-refractivity contribution in [1.82, 2.24) is 20.1 Å². The first-order valence-electron chi connectivity index (χ1n) is 5.80. The Morgan fingerprint density at radius 2 is 2.20 bits per heavy atom. The number of hydrogen-bond acceptors (Lipinski definition) is 6. The van der Waals surface area contributed by atoms with Crippen molar-refractivity contribution in [2.45, 2.75) is 5.03 Å². The van der Waals surface area contributed by atoms with E-state index in [0.29, 0.717) is 17.3 Å². The lowest BCUT2D eigenvalue weighted by atomic mass is 10.2. The number of aromatic amines is 1. The Labute approximate surface area is 118 Å². The predicted octanol–water partition coefficient (Wildman–Crippen LogP) is 2.21. The van der Waals surface area contributed by atoms with Gasteiger partial charge in [-0.3, -0.25) is 4.79 Å². The molecule has 0 atom stereocenters. The topological polar surface area (TPSA) is 84.7 Å². The summed E-state index contributed by atoms with van der Waals surface area (Å²) < 4.78 is 5.27. The number of rotatable bonds is 3. The van der Waals surface area contributed by atoms with Gasteiger partial charge in [-0.05, 0) is 24.5 Å². The summed E-state index contributed by atoms with van der Waals surface area (Å²) in [7, 11) is 0. The molecule has 1 N–H and O–H groups in total. The van der Waals surface area contributed by atoms with Crippen LogP contribution in [-0.4, -0.2) is 26.4 Å². The Bertz CT molecular complexity index is 776. The van der Waals surface area contributed by atoms with Gasteiger partial charge in [0.1, 0.15) is 5.03 Å². The molecule has 0 amide bonds. The Morgan fingerprint density at radius 1 is 1.30 bits per heavy atom. The SMILES string of the molecule is CSc1ncccc1-c1nc(-c2ccc(=O)[nH]c2)no1. The van der Waals surface area contributed by atoms with Crippen LogP contribution in [0.5, 0.6) is 0 Å². The normalized spacial score (nSPS) is 10.7. The highest BCUT2D eigenvalue weighted by Gasteiger charge is 2.14. The molecule has 3 aromatic heterocycles. The summed E-state index contributed by atoms with van der Waals surface area (Å²) in [6.45, 7) is 0. The number of H-pyrrole nitrogens is 1. The van der Waals surface area contributed by atoms with Gasteiger partial charge in [-0.2, -0.15) is 4.98 Å². The number of nitrogens with one attached hydrogen (secondary N) is 1. The first-order valence-corrected chi connectivity index (χ1v) is 7.02. The van der Waals surface area contributed by atoms with Gasteiger partial charge < -0.3 is 9.51 Å². The van der Waals surface area contributed by atoms with Crippen LogP contribution in [0.15, 0.2) is 51.0 Å². The van der Waals surface area contributed by atoms with Gasteiger partial charge in [0.05, 0.1) is 5.56 Å². The third-order valence-corrected chi connectivity index (χ3v) is 3.38. The van der Waals surface area contributed by atoms with E-state index in [2.05, 4.69) is 20.1 Å². The lowest BCUT2D eigenvalue weighted by molar-refractivity contribution is 0.431. The van der Waals surface area contributed by atoms with E-state index in [1.807, 2.05) is 18.4 Å². The van der Waals surface area contributed by atoms with Gasteiger partial charge in [-0.1, -0.05) is 5.16 Å². The average Bonchev–Trinajstić information content (AvgIpc) is 2.97. The number of thioether (sulfide) groups is 1. The van der Waals surface area contributed by atoms with E-state index in [0.717, 1.165) is 10.6 Å². The third kappa shape index (κ3) is 2.35. The maximum Gasteiger partial charge on any atom is 0.260 e. The molecule has 0 aromatic carbocycles. The van der Waals surface area contributed by atoms with Gasteiger partial charge >= 0.3 is 0 Å². The smallest absolute Gasteiger partial charge is 0.260 e. The largest absolute Gasteiger partial charge is 0.334 e. The fourth-order valence-corrected chi connectivity index (χ4v) is 2.26. The molecule has 3 aromatic rings. The zero-order chi connectivity index (χ0) is 13.9. The van der Waals surface area contributed by atoms with Crippen LogP contribution in [0.1, 0.15) is 0 Å². The van der Waals surface area contributed by atoms with Gasteiger partial charge in [0, 0.05) is 24.0 Å². The maximum atomic E-state index is 11.0. The molecule has 0 fully saturated rings. The van der Waals surface area contributed by atoms with Crippen molar-refractivity contribution in [3.05, 3.63) is 47.0 Å². The van der Waals surface area contributed by atoms with Crippen LogP contribution in [0, 0.1) is 0 Å². The number of pyridine rings is 2. The van der Waals surface area contributed by atoms with Crippen molar-refractivity contribution in [3.8, 4) is 22.8 Å². The Kier molecular flexibility index (Phi) is 3.34. The van der Waals surface area contributed by atoms with Crippen molar-refractivity contribution >= 4 is 11.8 Å². The van der Waals surface area contributed by atoms with Crippen LogP contribution in [0.3, 0.4) is 0 Å². The molecule has 0 aliphatic rings. The zero-order valence-corrected chi connectivity index (χ0v) is 11.3. The molecule has 3 heterocycles. The van der Waals surface area contributed by atoms with E-state index < -0.39 is 0 Å². The van der Waals surface area contributed by atoms with E-state index >= 15 is 0 Å². The van der Waals surface area contributed by atoms with Crippen molar-refractivity contribution in [2.24, 2.45) is 0 Å². The second kappa shape index (κ2) is 5.30. The Balaban J connectivity index is 2.02. The first-order chi connectivity index (χ1) is 9.78. The van der Waals surface area contributed by atoms with E-state index in [-0.39, 0.29) is 5.56 Å². The average molecular weight is 286 g/mol. The molecule has 0 aliphatic carbocycles. The molecule has 0 unspecified atom stereocenters. The van der Waals surface area contributed by atoms with E-state index in [4.69, 9.17) is 4.52 Å². The lowest BCUT2D eigenvalue weighted by Gasteiger charge is -1.99. The van der Waals surface area contributed by atoms with Crippen molar-refractivity contribution in [3.63, 3.8) is 0 Å². The second-order valence-electron chi connectivity index (χ2n) is 3.92.